The van der Waals surface area contributed by atoms with Gasteiger partial charge >= 0.3 is 7.60 Å². The van der Waals surface area contributed by atoms with Crippen LogP contribution in [0.5, 0.6) is 0 Å². The van der Waals surface area contributed by atoms with E-state index >= 15 is 0 Å². The van der Waals surface area contributed by atoms with Crippen LogP contribution >= 0.6 is 7.60 Å². The molecule has 13 N–H and O–H groups in total. The van der Waals surface area contributed by atoms with Crippen molar-refractivity contribution in [3.63, 3.8) is 0 Å². The first-order chi connectivity index (χ1) is 21.8. The van der Waals surface area contributed by atoms with Gasteiger partial charge in [0.25, 0.3) is 0 Å². The Labute approximate surface area is 258 Å². The molecule has 46 heavy (non-hydrogen) atoms. The Balaban J connectivity index is 0.000000184. The summed E-state index contributed by atoms with van der Waals surface area (Å²) < 4.78 is 40.5. The number of aliphatic hydroxyl groups is 3. The number of nitrogens with zero attached hydrogens (tertiary/aromatic N) is 8. The Bertz CT molecular complexity index is 1740. The fraction of sp³-hybridized carbons (Fsp3) is 0.545. The molecule has 2 unspecified atom stereocenters. The largest absolute Gasteiger partial charge is 0.394 e. The molecule has 0 bridgehead atoms. The lowest BCUT2D eigenvalue weighted by Gasteiger charge is -2.19. The molecule has 2 aliphatic rings. The van der Waals surface area contributed by atoms with E-state index in [1.54, 1.807) is 4.57 Å². The minimum Gasteiger partial charge on any atom is -0.394 e. The molecule has 6 rings (SSSR count). The number of fused-ring (bicyclic) bond motifs is 2. The lowest BCUT2D eigenvalue weighted by Crippen LogP contribution is -2.34. The van der Waals surface area contributed by atoms with Crippen molar-refractivity contribution in [1.82, 2.24) is 39.0 Å². The molecule has 2 fully saturated rings. The van der Waals surface area contributed by atoms with Crippen molar-refractivity contribution in [2.45, 2.75) is 49.3 Å². The molecule has 4 aromatic heterocycles. The summed E-state index contributed by atoms with van der Waals surface area (Å²) >= 11 is 0. The molecule has 0 aromatic carbocycles. The van der Waals surface area contributed by atoms with Gasteiger partial charge in [0.15, 0.2) is 48.0 Å². The molecule has 0 radical (unpaired) electrons. The Morgan fingerprint density at radius 1 is 0.826 bits per heavy atom. The number of aliphatic hydroxyl groups excluding tert-OH is 3. The first-order valence-corrected chi connectivity index (χ1v) is 15.1. The monoisotopic (exact) mass is 672 g/mol. The van der Waals surface area contributed by atoms with Crippen molar-refractivity contribution in [2.24, 2.45) is 0 Å². The van der Waals surface area contributed by atoms with Gasteiger partial charge in [0, 0.05) is 14.2 Å². The molecule has 0 spiro atoms. The number of hydrogen-bond donors (Lipinski definition) is 9. The van der Waals surface area contributed by atoms with Crippen LogP contribution in [-0.4, -0.2) is 128 Å². The maximum absolute atomic E-state index is 10.9. The zero-order valence-corrected chi connectivity index (χ0v) is 25.1. The second-order valence-corrected chi connectivity index (χ2v) is 11.7. The Morgan fingerprint density at radius 3 is 1.76 bits per heavy atom. The number of aromatic nitrogens is 8. The molecule has 0 saturated carbocycles. The van der Waals surface area contributed by atoms with E-state index in [2.05, 4.69) is 29.9 Å². The van der Waals surface area contributed by atoms with E-state index in [-0.39, 0.29) is 41.3 Å². The predicted octanol–water partition coefficient (Wildman–Crippen LogP) is -3.37. The summed E-state index contributed by atoms with van der Waals surface area (Å²) in [6, 6.07) is 0. The third-order valence-electron chi connectivity index (χ3n) is 7.09. The molecule has 2 saturated heterocycles. The molecular weight excluding hydrogens is 639 g/mol. The van der Waals surface area contributed by atoms with Gasteiger partial charge in [-0.3, -0.25) is 13.7 Å². The molecule has 4 aromatic rings. The van der Waals surface area contributed by atoms with E-state index in [1.807, 2.05) is 0 Å². The number of nitrogens with two attached hydrogens (primary N) is 4. The zero-order chi connectivity index (χ0) is 33.5. The molecule has 0 aliphatic carbocycles. The number of nitrogen functional groups attached to an aromatic ring is 4. The van der Waals surface area contributed by atoms with Gasteiger partial charge in [-0.25, -0.2) is 9.97 Å². The number of anilines is 4. The second-order valence-electron chi connectivity index (χ2n) is 10.1. The average molecular weight is 673 g/mol. The van der Waals surface area contributed by atoms with Gasteiger partial charge in [0.05, 0.1) is 19.3 Å². The summed E-state index contributed by atoms with van der Waals surface area (Å²) in [5.41, 5.74) is 24.0. The van der Waals surface area contributed by atoms with Crippen LogP contribution < -0.4 is 22.9 Å². The lowest BCUT2D eigenvalue weighted by molar-refractivity contribution is -0.167. The number of rotatable bonds is 8. The number of methoxy groups -OCH3 is 2. The van der Waals surface area contributed by atoms with E-state index < -0.39 is 63.2 Å². The van der Waals surface area contributed by atoms with Gasteiger partial charge in [0.1, 0.15) is 41.6 Å². The maximum Gasteiger partial charge on any atom is 0.351 e. The highest BCUT2D eigenvalue weighted by Crippen LogP contribution is 2.39. The number of hydrogen-bond acceptors (Lipinski definition) is 19. The van der Waals surface area contributed by atoms with Gasteiger partial charge in [0.2, 0.25) is 11.9 Å². The molecule has 2 aliphatic heterocycles. The van der Waals surface area contributed by atoms with Gasteiger partial charge < -0.3 is 71.7 Å². The molecule has 8 atom stereocenters. The van der Waals surface area contributed by atoms with Gasteiger partial charge in [-0.05, 0) is 0 Å². The van der Waals surface area contributed by atoms with Crippen molar-refractivity contribution in [2.75, 3.05) is 50.1 Å². The van der Waals surface area contributed by atoms with Crippen LogP contribution in [0.3, 0.4) is 0 Å². The van der Waals surface area contributed by atoms with Crippen LogP contribution in [0.4, 0.5) is 23.5 Å². The first-order valence-electron chi connectivity index (χ1n) is 13.3. The van der Waals surface area contributed by atoms with E-state index in [4.69, 9.17) is 56.4 Å². The van der Waals surface area contributed by atoms with Crippen molar-refractivity contribution in [1.29, 1.82) is 0 Å². The topological polar surface area (TPSA) is 356 Å². The lowest BCUT2D eigenvalue weighted by atomic mass is 10.1. The summed E-state index contributed by atoms with van der Waals surface area (Å²) in [6.07, 6.45) is -5.72. The van der Waals surface area contributed by atoms with E-state index in [1.165, 1.54) is 31.4 Å². The molecule has 6 heterocycles. The summed E-state index contributed by atoms with van der Waals surface area (Å²) in [5.74, 6) is 0.159. The van der Waals surface area contributed by atoms with Crippen LogP contribution in [0, 0.1) is 0 Å². The second kappa shape index (κ2) is 13.1. The predicted molar refractivity (Wildman–Crippen MR) is 155 cm³/mol. The standard InChI is InChI=1S/C11H17N6O7P.C11H16N6O4/c1-22-6-5(18)10(23-3-25(19,20)21)24-9(6)17-2-14-4-7(12)15-11(13)16-8(4)17;1-20-7-6(19)4(2-18)21-10(7)17-3-14-5-8(12)15-11(13)16-9(5)17/h2,5-6,9-10,18H,3H2,1H3,(H2,19,20,21)(H4,12,13,15,16);3-4,6-7,10,18-19H,2H2,1H3,(H4,12,13,15,16)/t5?,6-,9-,10+;4-,6?,7-,10-/m11/s1. The fourth-order valence-electron chi connectivity index (χ4n) is 5.04. The Hall–Kier alpha value is -3.87. The van der Waals surface area contributed by atoms with Crippen LogP contribution in [-0.2, 0) is 28.2 Å². The van der Waals surface area contributed by atoms with Crippen LogP contribution in [0.2, 0.25) is 0 Å². The van der Waals surface area contributed by atoms with E-state index in [0.29, 0.717) is 11.2 Å². The summed E-state index contributed by atoms with van der Waals surface area (Å²) in [4.78, 5) is 41.8. The Morgan fingerprint density at radius 2 is 1.30 bits per heavy atom. The highest BCUT2D eigenvalue weighted by molar-refractivity contribution is 7.51. The van der Waals surface area contributed by atoms with Crippen LogP contribution in [0.1, 0.15) is 12.5 Å². The van der Waals surface area contributed by atoms with Crippen molar-refractivity contribution < 1.29 is 53.4 Å². The molecule has 23 nitrogen and oxygen atoms in total. The van der Waals surface area contributed by atoms with E-state index in [0.717, 1.165) is 0 Å². The minimum atomic E-state index is -4.43. The normalized spacial score (nSPS) is 28.2. The van der Waals surface area contributed by atoms with Crippen molar-refractivity contribution in [3.05, 3.63) is 12.7 Å². The van der Waals surface area contributed by atoms with E-state index in [9.17, 15) is 19.9 Å². The van der Waals surface area contributed by atoms with Crippen molar-refractivity contribution >= 4 is 53.5 Å². The molecule has 252 valence electrons. The SMILES string of the molecule is CO[C@@H]1C(O)[C@@H](CO)O[C@H]1n1cnc2c(N)nc(N)nc21.CO[C@@H]1C(O)[C@@H](OCP(=O)(O)O)O[C@H]1n1cnc2c(N)nc(N)nc21. The van der Waals surface area contributed by atoms with Crippen molar-refractivity contribution in [3.8, 4) is 0 Å². The summed E-state index contributed by atoms with van der Waals surface area (Å²) in [5, 5.41) is 29.6. The smallest absolute Gasteiger partial charge is 0.351 e. The average Bonchev–Trinajstić information content (AvgIpc) is 3.74. The zero-order valence-electron chi connectivity index (χ0n) is 24.2. The highest BCUT2D eigenvalue weighted by Gasteiger charge is 2.47. The molecule has 24 heteroatoms. The minimum absolute atomic E-state index is 0.00738. The highest BCUT2D eigenvalue weighted by atomic mass is 31.2. The molecule has 0 amide bonds. The third-order valence-corrected chi connectivity index (χ3v) is 7.58. The quantitative estimate of drug-likeness (QED) is 0.0824. The number of imidazole rings is 2. The van der Waals surface area contributed by atoms with Gasteiger partial charge in [-0.1, -0.05) is 0 Å². The Kier molecular flexibility index (Phi) is 9.53. The fourth-order valence-corrected chi connectivity index (χ4v) is 5.38. The van der Waals surface area contributed by atoms with Crippen LogP contribution in [0.15, 0.2) is 12.7 Å². The maximum atomic E-state index is 10.9. The number of ether oxygens (including phenoxy) is 5. The third kappa shape index (κ3) is 6.38. The van der Waals surface area contributed by atoms with Gasteiger partial charge in [-0.2, -0.15) is 19.9 Å². The molecular formula is C22H33N12O11P. The summed E-state index contributed by atoms with van der Waals surface area (Å²) in [6.45, 7) is -0.330. The van der Waals surface area contributed by atoms with Crippen LogP contribution in [0.25, 0.3) is 22.3 Å². The summed E-state index contributed by atoms with van der Waals surface area (Å²) in [7, 11) is -1.65. The first kappa shape index (κ1) is 33.5. The van der Waals surface area contributed by atoms with Gasteiger partial charge in [-0.15, -0.1) is 0 Å².